The minimum absolute atomic E-state index is 0.275. The van der Waals surface area contributed by atoms with Crippen LogP contribution in [-0.4, -0.2) is 22.0 Å². The topological polar surface area (TPSA) is 46.9 Å². The molecule has 1 heterocycles. The lowest BCUT2D eigenvalue weighted by Gasteiger charge is -2.13. The molecule has 2 aromatic carbocycles. The second kappa shape index (κ2) is 7.19. The third kappa shape index (κ3) is 3.71. The van der Waals surface area contributed by atoms with Gasteiger partial charge in [0.1, 0.15) is 5.82 Å². The van der Waals surface area contributed by atoms with Crippen LogP contribution in [0.2, 0.25) is 0 Å². The van der Waals surface area contributed by atoms with Gasteiger partial charge in [-0.3, -0.25) is 4.79 Å². The standard InChI is InChI=1S/C19H18F3N3O/c1-13-24-16-9-4-5-10-17(16)25(13)12-6-11-23-18(26)14-7-2-3-8-15(14)19(20,21)22/h2-5,7-10H,6,11-12H2,1H3,(H,23,26). The quantitative estimate of drug-likeness (QED) is 0.693. The highest BCUT2D eigenvalue weighted by Gasteiger charge is 2.34. The van der Waals surface area contributed by atoms with Gasteiger partial charge in [-0.05, 0) is 37.6 Å². The average Bonchev–Trinajstić information content (AvgIpc) is 2.93. The predicted molar refractivity (Wildman–Crippen MR) is 92.9 cm³/mol. The van der Waals surface area contributed by atoms with Gasteiger partial charge in [-0.1, -0.05) is 24.3 Å². The SMILES string of the molecule is Cc1nc2ccccc2n1CCCNC(=O)c1ccccc1C(F)(F)F. The maximum atomic E-state index is 13.0. The van der Waals surface area contributed by atoms with Crippen molar-refractivity contribution in [3.63, 3.8) is 0 Å². The summed E-state index contributed by atoms with van der Waals surface area (Å²) in [6, 6.07) is 12.5. The van der Waals surface area contributed by atoms with E-state index in [-0.39, 0.29) is 12.1 Å². The lowest BCUT2D eigenvalue weighted by Crippen LogP contribution is -2.27. The maximum Gasteiger partial charge on any atom is 0.417 e. The highest BCUT2D eigenvalue weighted by atomic mass is 19.4. The van der Waals surface area contributed by atoms with Crippen molar-refractivity contribution in [3.05, 3.63) is 65.5 Å². The van der Waals surface area contributed by atoms with Gasteiger partial charge in [-0.2, -0.15) is 13.2 Å². The fourth-order valence-corrected chi connectivity index (χ4v) is 2.94. The Morgan fingerprint density at radius 1 is 1.12 bits per heavy atom. The molecule has 0 fully saturated rings. The molecule has 0 aliphatic carbocycles. The Hall–Kier alpha value is -2.83. The molecule has 7 heteroatoms. The Kier molecular flexibility index (Phi) is 4.97. The highest BCUT2D eigenvalue weighted by Crippen LogP contribution is 2.31. The number of imidazole rings is 1. The van der Waals surface area contributed by atoms with Crippen molar-refractivity contribution in [2.24, 2.45) is 0 Å². The Balaban J connectivity index is 1.62. The Morgan fingerprint density at radius 2 is 1.81 bits per heavy atom. The lowest BCUT2D eigenvalue weighted by molar-refractivity contribution is -0.137. The molecule has 3 aromatic rings. The first-order valence-electron chi connectivity index (χ1n) is 8.24. The van der Waals surface area contributed by atoms with E-state index in [0.717, 1.165) is 22.9 Å². The number of nitrogens with zero attached hydrogens (tertiary/aromatic N) is 2. The number of fused-ring (bicyclic) bond motifs is 1. The number of nitrogens with one attached hydrogen (secondary N) is 1. The average molecular weight is 361 g/mol. The molecule has 1 N–H and O–H groups in total. The van der Waals surface area contributed by atoms with E-state index in [1.807, 2.05) is 35.8 Å². The molecule has 0 radical (unpaired) electrons. The van der Waals surface area contributed by atoms with Crippen LogP contribution in [0.3, 0.4) is 0 Å². The van der Waals surface area contributed by atoms with Gasteiger partial charge in [0, 0.05) is 13.1 Å². The number of carbonyl (C=O) groups is 1. The van der Waals surface area contributed by atoms with Crippen LogP contribution in [0.25, 0.3) is 11.0 Å². The summed E-state index contributed by atoms with van der Waals surface area (Å²) in [4.78, 5) is 16.6. The number of halogens is 3. The number of rotatable bonds is 5. The van der Waals surface area contributed by atoms with E-state index < -0.39 is 17.6 Å². The summed E-state index contributed by atoms with van der Waals surface area (Å²) >= 11 is 0. The summed E-state index contributed by atoms with van der Waals surface area (Å²) in [6.07, 6.45) is -3.97. The Labute approximate surface area is 148 Å². The normalized spacial score (nSPS) is 11.7. The Morgan fingerprint density at radius 3 is 2.58 bits per heavy atom. The molecule has 0 bridgehead atoms. The zero-order valence-corrected chi connectivity index (χ0v) is 14.2. The molecule has 26 heavy (non-hydrogen) atoms. The van der Waals surface area contributed by atoms with Gasteiger partial charge in [0.05, 0.1) is 22.2 Å². The highest BCUT2D eigenvalue weighted by molar-refractivity contribution is 5.95. The van der Waals surface area contributed by atoms with E-state index in [4.69, 9.17) is 0 Å². The van der Waals surface area contributed by atoms with Crippen molar-refractivity contribution in [2.75, 3.05) is 6.54 Å². The summed E-state index contributed by atoms with van der Waals surface area (Å²) in [5.74, 6) is 0.144. The third-order valence-electron chi connectivity index (χ3n) is 4.17. The van der Waals surface area contributed by atoms with Crippen LogP contribution in [-0.2, 0) is 12.7 Å². The van der Waals surface area contributed by atoms with Crippen molar-refractivity contribution in [3.8, 4) is 0 Å². The molecular formula is C19H18F3N3O. The predicted octanol–water partition coefficient (Wildman–Crippen LogP) is 4.18. The maximum absolute atomic E-state index is 13.0. The molecule has 0 aliphatic rings. The summed E-state index contributed by atoms with van der Waals surface area (Å²) in [5.41, 5.74) is 0.616. The molecule has 1 amide bonds. The van der Waals surface area contributed by atoms with Crippen molar-refractivity contribution < 1.29 is 18.0 Å². The third-order valence-corrected chi connectivity index (χ3v) is 4.17. The zero-order valence-electron chi connectivity index (χ0n) is 14.2. The number of amides is 1. The van der Waals surface area contributed by atoms with Crippen LogP contribution in [0.1, 0.15) is 28.2 Å². The van der Waals surface area contributed by atoms with Gasteiger partial charge in [0.25, 0.3) is 5.91 Å². The summed E-state index contributed by atoms with van der Waals surface area (Å²) in [7, 11) is 0. The molecule has 136 valence electrons. The molecule has 0 saturated heterocycles. The molecule has 0 atom stereocenters. The van der Waals surface area contributed by atoms with Gasteiger partial charge < -0.3 is 9.88 Å². The zero-order chi connectivity index (χ0) is 18.7. The van der Waals surface area contributed by atoms with E-state index in [1.165, 1.54) is 18.2 Å². The Bertz CT molecular complexity index is 931. The molecule has 4 nitrogen and oxygen atoms in total. The van der Waals surface area contributed by atoms with Gasteiger partial charge in [0.2, 0.25) is 0 Å². The van der Waals surface area contributed by atoms with Crippen LogP contribution in [0, 0.1) is 6.92 Å². The van der Waals surface area contributed by atoms with E-state index in [0.29, 0.717) is 13.0 Å². The molecule has 0 spiro atoms. The largest absolute Gasteiger partial charge is 0.417 e. The van der Waals surface area contributed by atoms with E-state index >= 15 is 0 Å². The van der Waals surface area contributed by atoms with Crippen molar-refractivity contribution in [1.29, 1.82) is 0 Å². The smallest absolute Gasteiger partial charge is 0.352 e. The fraction of sp³-hybridized carbons (Fsp3) is 0.263. The molecule has 0 saturated carbocycles. The first-order valence-corrected chi connectivity index (χ1v) is 8.24. The lowest BCUT2D eigenvalue weighted by atomic mass is 10.1. The number of hydrogen-bond donors (Lipinski definition) is 1. The number of aryl methyl sites for hydroxylation is 2. The van der Waals surface area contributed by atoms with E-state index in [1.54, 1.807) is 0 Å². The minimum Gasteiger partial charge on any atom is -0.352 e. The minimum atomic E-state index is -4.55. The van der Waals surface area contributed by atoms with Crippen LogP contribution in [0.5, 0.6) is 0 Å². The summed E-state index contributed by atoms with van der Waals surface area (Å²) in [6.45, 7) is 2.79. The van der Waals surface area contributed by atoms with Gasteiger partial charge in [0.15, 0.2) is 0 Å². The van der Waals surface area contributed by atoms with E-state index in [9.17, 15) is 18.0 Å². The van der Waals surface area contributed by atoms with Crippen molar-refractivity contribution >= 4 is 16.9 Å². The summed E-state index contributed by atoms with van der Waals surface area (Å²) < 4.78 is 41.0. The van der Waals surface area contributed by atoms with Crippen molar-refractivity contribution in [1.82, 2.24) is 14.9 Å². The number of carbonyl (C=O) groups excluding carboxylic acids is 1. The second-order valence-electron chi connectivity index (χ2n) is 5.95. The van der Waals surface area contributed by atoms with Crippen LogP contribution in [0.15, 0.2) is 48.5 Å². The number of hydrogen-bond acceptors (Lipinski definition) is 2. The number of benzene rings is 2. The van der Waals surface area contributed by atoms with Gasteiger partial charge in [-0.15, -0.1) is 0 Å². The van der Waals surface area contributed by atoms with Crippen molar-refractivity contribution in [2.45, 2.75) is 26.1 Å². The van der Waals surface area contributed by atoms with Crippen LogP contribution < -0.4 is 5.32 Å². The molecule has 0 aliphatic heterocycles. The first-order chi connectivity index (χ1) is 12.4. The van der Waals surface area contributed by atoms with Gasteiger partial charge >= 0.3 is 6.18 Å². The fourth-order valence-electron chi connectivity index (χ4n) is 2.94. The molecular weight excluding hydrogens is 343 g/mol. The number of para-hydroxylation sites is 2. The number of alkyl halides is 3. The molecule has 3 rings (SSSR count). The monoisotopic (exact) mass is 361 g/mol. The number of aromatic nitrogens is 2. The van der Waals surface area contributed by atoms with Gasteiger partial charge in [-0.25, -0.2) is 4.98 Å². The van der Waals surface area contributed by atoms with Crippen LogP contribution >= 0.6 is 0 Å². The van der Waals surface area contributed by atoms with E-state index in [2.05, 4.69) is 10.3 Å². The summed E-state index contributed by atoms with van der Waals surface area (Å²) in [5, 5.41) is 2.57. The van der Waals surface area contributed by atoms with Crippen LogP contribution in [0.4, 0.5) is 13.2 Å². The molecule has 0 unspecified atom stereocenters. The molecule has 1 aromatic heterocycles. The second-order valence-corrected chi connectivity index (χ2v) is 5.95. The first kappa shape index (κ1) is 18.0.